The van der Waals surface area contributed by atoms with Crippen LogP contribution in [0.25, 0.3) is 6.08 Å². The number of benzene rings is 3. The molecule has 2 aliphatic heterocycles. The fourth-order valence-electron chi connectivity index (χ4n) is 5.03. The minimum atomic E-state index is -0.216. The number of fused-ring (bicyclic) bond motifs is 1. The van der Waals surface area contributed by atoms with Gasteiger partial charge in [0.05, 0.1) is 10.6 Å². The molecule has 0 radical (unpaired) electrons. The van der Waals surface area contributed by atoms with E-state index in [1.54, 1.807) is 4.90 Å². The van der Waals surface area contributed by atoms with Crippen LogP contribution in [0.5, 0.6) is 0 Å². The lowest BCUT2D eigenvalue weighted by molar-refractivity contribution is -0.122. The molecule has 2 heterocycles. The standard InChI is InChI=1S/C32H35FN4O2S/c1-2-24-8-10-25(11-9-24)22-30-32(39)37(28-6-3-4-7-29(28)40-30)23-31(38)34-16-5-17-35-18-20-36(21-19-35)27-14-12-26(33)13-15-27/h3-4,6-15,22H,2,5,16-21,23H2,1H3,(H,34,38)/b30-22-. The van der Waals surface area contributed by atoms with E-state index in [0.29, 0.717) is 11.4 Å². The number of halogens is 1. The Kier molecular flexibility index (Phi) is 9.19. The van der Waals surface area contributed by atoms with Gasteiger partial charge in [-0.05, 0) is 73.0 Å². The summed E-state index contributed by atoms with van der Waals surface area (Å²) in [7, 11) is 0. The van der Waals surface area contributed by atoms with Gasteiger partial charge in [-0.15, -0.1) is 0 Å². The van der Waals surface area contributed by atoms with E-state index in [4.69, 9.17) is 0 Å². The van der Waals surface area contributed by atoms with Gasteiger partial charge in [0, 0.05) is 43.3 Å². The molecule has 2 aliphatic rings. The highest BCUT2D eigenvalue weighted by molar-refractivity contribution is 8.04. The molecule has 1 fully saturated rings. The van der Waals surface area contributed by atoms with E-state index in [2.05, 4.69) is 34.2 Å². The molecule has 1 N–H and O–H groups in total. The topological polar surface area (TPSA) is 55.9 Å². The second-order valence-electron chi connectivity index (χ2n) is 10.1. The van der Waals surface area contributed by atoms with Crippen LogP contribution in [0.2, 0.25) is 0 Å². The number of hydrogen-bond acceptors (Lipinski definition) is 5. The summed E-state index contributed by atoms with van der Waals surface area (Å²) in [6.07, 6.45) is 3.71. The van der Waals surface area contributed by atoms with Crippen molar-refractivity contribution in [3.05, 3.63) is 94.6 Å². The van der Waals surface area contributed by atoms with Crippen LogP contribution in [0.15, 0.2) is 82.6 Å². The molecule has 0 atom stereocenters. The lowest BCUT2D eigenvalue weighted by Gasteiger charge is -2.36. The number of carbonyl (C=O) groups is 2. The van der Waals surface area contributed by atoms with E-state index >= 15 is 0 Å². The summed E-state index contributed by atoms with van der Waals surface area (Å²) in [5.74, 6) is -0.535. The summed E-state index contributed by atoms with van der Waals surface area (Å²) in [6, 6.07) is 22.6. The van der Waals surface area contributed by atoms with E-state index in [0.717, 1.165) is 67.4 Å². The summed E-state index contributed by atoms with van der Waals surface area (Å²) in [4.78, 5) is 34.2. The zero-order valence-corrected chi connectivity index (χ0v) is 23.6. The highest BCUT2D eigenvalue weighted by Crippen LogP contribution is 2.41. The molecule has 2 amide bonds. The molecule has 208 valence electrons. The SMILES string of the molecule is CCc1ccc(/C=C2\Sc3ccccc3N(CC(=O)NCCCN3CCN(c4ccc(F)cc4)CC3)C2=O)cc1. The number of carbonyl (C=O) groups excluding carboxylic acids is 2. The second kappa shape index (κ2) is 13.2. The molecular formula is C32H35FN4O2S. The van der Waals surface area contributed by atoms with Crippen molar-refractivity contribution in [1.29, 1.82) is 0 Å². The number of piperazine rings is 1. The summed E-state index contributed by atoms with van der Waals surface area (Å²) in [5.41, 5.74) is 4.04. The van der Waals surface area contributed by atoms with Crippen LogP contribution in [-0.4, -0.2) is 62.5 Å². The average Bonchev–Trinajstić information content (AvgIpc) is 2.98. The molecule has 0 saturated carbocycles. The van der Waals surface area contributed by atoms with Gasteiger partial charge in [-0.1, -0.05) is 55.1 Å². The number of anilines is 2. The first-order chi connectivity index (χ1) is 19.5. The third-order valence-electron chi connectivity index (χ3n) is 7.36. The molecule has 3 aromatic carbocycles. The predicted molar refractivity (Wildman–Crippen MR) is 161 cm³/mol. The van der Waals surface area contributed by atoms with Crippen molar-refractivity contribution >= 4 is 41.0 Å². The molecule has 8 heteroatoms. The Bertz CT molecular complexity index is 1350. The zero-order valence-electron chi connectivity index (χ0n) is 22.8. The highest BCUT2D eigenvalue weighted by atomic mass is 32.2. The summed E-state index contributed by atoms with van der Waals surface area (Å²) in [5, 5.41) is 3.01. The highest BCUT2D eigenvalue weighted by Gasteiger charge is 2.30. The third kappa shape index (κ3) is 6.92. The summed E-state index contributed by atoms with van der Waals surface area (Å²) >= 11 is 1.45. The predicted octanol–water partition coefficient (Wildman–Crippen LogP) is 5.20. The van der Waals surface area contributed by atoms with E-state index in [-0.39, 0.29) is 24.2 Å². The first-order valence-corrected chi connectivity index (χ1v) is 14.7. The molecule has 5 rings (SSSR count). The van der Waals surface area contributed by atoms with Crippen molar-refractivity contribution in [2.75, 3.05) is 55.6 Å². The van der Waals surface area contributed by atoms with Crippen LogP contribution in [-0.2, 0) is 16.0 Å². The molecule has 0 spiro atoms. The Labute approximate surface area is 239 Å². The molecule has 3 aromatic rings. The van der Waals surface area contributed by atoms with Gasteiger partial charge in [0.15, 0.2) is 0 Å². The molecule has 6 nitrogen and oxygen atoms in total. The van der Waals surface area contributed by atoms with Gasteiger partial charge in [-0.2, -0.15) is 0 Å². The summed E-state index contributed by atoms with van der Waals surface area (Å²) < 4.78 is 13.2. The Morgan fingerprint density at radius 2 is 1.70 bits per heavy atom. The van der Waals surface area contributed by atoms with Gasteiger partial charge < -0.3 is 10.2 Å². The first-order valence-electron chi connectivity index (χ1n) is 13.9. The zero-order chi connectivity index (χ0) is 27.9. The monoisotopic (exact) mass is 558 g/mol. The fraction of sp³-hybridized carbons (Fsp3) is 0.312. The minimum absolute atomic E-state index is 0.0150. The van der Waals surface area contributed by atoms with Crippen LogP contribution in [0, 0.1) is 5.82 Å². The van der Waals surface area contributed by atoms with E-state index < -0.39 is 0 Å². The number of nitrogens with zero attached hydrogens (tertiary/aromatic N) is 3. The van der Waals surface area contributed by atoms with Crippen LogP contribution in [0.3, 0.4) is 0 Å². The van der Waals surface area contributed by atoms with Crippen molar-refractivity contribution in [2.24, 2.45) is 0 Å². The van der Waals surface area contributed by atoms with E-state index in [1.165, 1.54) is 29.5 Å². The smallest absolute Gasteiger partial charge is 0.265 e. The van der Waals surface area contributed by atoms with Crippen LogP contribution >= 0.6 is 11.8 Å². The number of nitrogens with one attached hydrogen (secondary N) is 1. The Balaban J connectivity index is 1.12. The van der Waals surface area contributed by atoms with Crippen LogP contribution in [0.4, 0.5) is 15.8 Å². The van der Waals surface area contributed by atoms with Crippen molar-refractivity contribution in [1.82, 2.24) is 10.2 Å². The lowest BCUT2D eigenvalue weighted by atomic mass is 10.1. The average molecular weight is 559 g/mol. The number of aryl methyl sites for hydroxylation is 1. The van der Waals surface area contributed by atoms with Gasteiger partial charge >= 0.3 is 0 Å². The maximum Gasteiger partial charge on any atom is 0.265 e. The lowest BCUT2D eigenvalue weighted by Crippen LogP contribution is -2.47. The van der Waals surface area contributed by atoms with Crippen molar-refractivity contribution in [2.45, 2.75) is 24.7 Å². The van der Waals surface area contributed by atoms with Gasteiger partial charge in [-0.25, -0.2) is 4.39 Å². The van der Waals surface area contributed by atoms with Crippen LogP contribution in [0.1, 0.15) is 24.5 Å². The van der Waals surface area contributed by atoms with E-state index in [1.807, 2.05) is 54.6 Å². The molecular weight excluding hydrogens is 523 g/mol. The normalized spacial score (nSPS) is 16.8. The van der Waals surface area contributed by atoms with Crippen molar-refractivity contribution < 1.29 is 14.0 Å². The molecule has 0 bridgehead atoms. The quantitative estimate of drug-likeness (QED) is 0.289. The largest absolute Gasteiger partial charge is 0.369 e. The molecule has 0 aliphatic carbocycles. The molecule has 1 saturated heterocycles. The Morgan fingerprint density at radius 3 is 2.42 bits per heavy atom. The number of thioether (sulfide) groups is 1. The third-order valence-corrected chi connectivity index (χ3v) is 8.43. The van der Waals surface area contributed by atoms with Gasteiger partial charge in [-0.3, -0.25) is 19.4 Å². The van der Waals surface area contributed by atoms with Crippen LogP contribution < -0.4 is 15.1 Å². The number of rotatable bonds is 9. The van der Waals surface area contributed by atoms with E-state index in [9.17, 15) is 14.0 Å². The van der Waals surface area contributed by atoms with Crippen molar-refractivity contribution in [3.63, 3.8) is 0 Å². The Morgan fingerprint density at radius 1 is 0.975 bits per heavy atom. The molecule has 40 heavy (non-hydrogen) atoms. The van der Waals surface area contributed by atoms with Gasteiger partial charge in [0.1, 0.15) is 12.4 Å². The minimum Gasteiger partial charge on any atom is -0.369 e. The maximum atomic E-state index is 13.5. The van der Waals surface area contributed by atoms with Gasteiger partial charge in [0.2, 0.25) is 5.91 Å². The second-order valence-corrected chi connectivity index (χ2v) is 11.2. The fourth-order valence-corrected chi connectivity index (χ4v) is 6.09. The maximum absolute atomic E-state index is 13.5. The summed E-state index contributed by atoms with van der Waals surface area (Å²) in [6.45, 7) is 7.20. The first kappa shape index (κ1) is 27.9. The Hall–Kier alpha value is -3.62. The van der Waals surface area contributed by atoms with Crippen molar-refractivity contribution in [3.8, 4) is 0 Å². The number of para-hydroxylation sites is 1. The molecule has 0 aromatic heterocycles. The number of amides is 2. The molecule has 0 unspecified atom stereocenters. The van der Waals surface area contributed by atoms with Gasteiger partial charge in [0.25, 0.3) is 5.91 Å². The number of hydrogen-bond donors (Lipinski definition) is 1.